The van der Waals surface area contributed by atoms with Crippen molar-refractivity contribution in [2.75, 3.05) is 0 Å². The standard InChI is InChI=1S/C12H13N3O6S/c1-7-2-3-8(15(18)19)6-10(7)22(20,21)14-9-4-5-11(16)13-12(9)17/h2-3,6,9,14H,4-5H2,1H3,(H,13,16,17). The van der Waals surface area contributed by atoms with Crippen molar-refractivity contribution in [3.63, 3.8) is 0 Å². The molecule has 1 aromatic carbocycles. The fourth-order valence-corrected chi connectivity index (χ4v) is 3.54. The average Bonchev–Trinajstić information content (AvgIpc) is 2.42. The molecule has 2 amide bonds. The molecule has 0 saturated carbocycles. The van der Waals surface area contributed by atoms with Gasteiger partial charge in [0.15, 0.2) is 0 Å². The first-order chi connectivity index (χ1) is 10.2. The minimum absolute atomic E-state index is 0.0207. The van der Waals surface area contributed by atoms with Crippen molar-refractivity contribution in [3.8, 4) is 0 Å². The lowest BCUT2D eigenvalue weighted by Crippen LogP contribution is -2.52. The molecule has 1 aliphatic rings. The third kappa shape index (κ3) is 3.28. The normalized spacial score (nSPS) is 18.9. The number of nitrogens with one attached hydrogen (secondary N) is 2. The lowest BCUT2D eigenvalue weighted by atomic mass is 10.1. The third-order valence-corrected chi connectivity index (χ3v) is 4.82. The minimum Gasteiger partial charge on any atom is -0.295 e. The maximum absolute atomic E-state index is 12.3. The molecule has 1 heterocycles. The number of nitrogens with zero attached hydrogens (tertiary/aromatic N) is 1. The van der Waals surface area contributed by atoms with Crippen LogP contribution < -0.4 is 10.0 Å². The summed E-state index contributed by atoms with van der Waals surface area (Å²) in [5, 5.41) is 12.8. The van der Waals surface area contributed by atoms with Gasteiger partial charge in [0.1, 0.15) is 6.04 Å². The lowest BCUT2D eigenvalue weighted by Gasteiger charge is -2.22. The molecule has 0 aromatic heterocycles. The predicted molar refractivity (Wildman–Crippen MR) is 74.3 cm³/mol. The van der Waals surface area contributed by atoms with E-state index in [1.807, 2.05) is 5.32 Å². The van der Waals surface area contributed by atoms with Gasteiger partial charge in [0.2, 0.25) is 21.8 Å². The summed E-state index contributed by atoms with van der Waals surface area (Å²) < 4.78 is 26.8. The molecule has 22 heavy (non-hydrogen) atoms. The highest BCUT2D eigenvalue weighted by Crippen LogP contribution is 2.22. The fourth-order valence-electron chi connectivity index (χ4n) is 2.05. The molecule has 2 rings (SSSR count). The number of piperidine rings is 1. The molecule has 1 fully saturated rings. The molecule has 1 unspecified atom stereocenters. The van der Waals surface area contributed by atoms with E-state index >= 15 is 0 Å². The molecule has 0 spiro atoms. The number of carbonyl (C=O) groups excluding carboxylic acids is 2. The lowest BCUT2D eigenvalue weighted by molar-refractivity contribution is -0.385. The summed E-state index contributed by atoms with van der Waals surface area (Å²) in [6.45, 7) is 1.49. The molecular weight excluding hydrogens is 314 g/mol. The highest BCUT2D eigenvalue weighted by Gasteiger charge is 2.31. The minimum atomic E-state index is -4.12. The van der Waals surface area contributed by atoms with E-state index in [9.17, 15) is 28.1 Å². The molecule has 118 valence electrons. The van der Waals surface area contributed by atoms with Crippen LogP contribution in [-0.2, 0) is 19.6 Å². The molecule has 0 bridgehead atoms. The van der Waals surface area contributed by atoms with Gasteiger partial charge in [-0.25, -0.2) is 8.42 Å². The summed E-state index contributed by atoms with van der Waals surface area (Å²) in [5.74, 6) is -1.20. The Hall–Kier alpha value is -2.33. The van der Waals surface area contributed by atoms with Gasteiger partial charge in [-0.05, 0) is 18.9 Å². The van der Waals surface area contributed by atoms with Gasteiger partial charge >= 0.3 is 0 Å². The van der Waals surface area contributed by atoms with Crippen LogP contribution in [0, 0.1) is 17.0 Å². The number of nitro benzene ring substituents is 1. The van der Waals surface area contributed by atoms with E-state index in [4.69, 9.17) is 0 Å². The summed E-state index contributed by atoms with van der Waals surface area (Å²) in [6.07, 6.45) is 0.0602. The number of amides is 2. The zero-order chi connectivity index (χ0) is 16.5. The maximum atomic E-state index is 12.3. The molecule has 10 heteroatoms. The Morgan fingerprint density at radius 1 is 1.36 bits per heavy atom. The maximum Gasteiger partial charge on any atom is 0.270 e. The van der Waals surface area contributed by atoms with Crippen molar-refractivity contribution in [2.24, 2.45) is 0 Å². The Bertz CT molecular complexity index is 758. The number of aryl methyl sites for hydroxylation is 1. The molecule has 0 radical (unpaired) electrons. The fraction of sp³-hybridized carbons (Fsp3) is 0.333. The summed E-state index contributed by atoms with van der Waals surface area (Å²) in [5.41, 5.74) is -0.0559. The molecule has 1 aliphatic heterocycles. The number of sulfonamides is 1. The largest absolute Gasteiger partial charge is 0.295 e. The topological polar surface area (TPSA) is 135 Å². The van der Waals surface area contributed by atoms with Crippen LogP contribution in [0.15, 0.2) is 23.1 Å². The monoisotopic (exact) mass is 327 g/mol. The van der Waals surface area contributed by atoms with Crippen molar-refractivity contribution >= 4 is 27.5 Å². The summed E-state index contributed by atoms with van der Waals surface area (Å²) in [6, 6.07) is 2.36. The van der Waals surface area contributed by atoms with Gasteiger partial charge in [-0.1, -0.05) is 6.07 Å². The predicted octanol–water partition coefficient (Wildman–Crippen LogP) is -0.0133. The zero-order valence-corrected chi connectivity index (χ0v) is 12.3. The van der Waals surface area contributed by atoms with Gasteiger partial charge in [0, 0.05) is 18.6 Å². The van der Waals surface area contributed by atoms with Crippen LogP contribution in [0.4, 0.5) is 5.69 Å². The molecular formula is C12H13N3O6S. The Balaban J connectivity index is 2.31. The second kappa shape index (κ2) is 5.81. The van der Waals surface area contributed by atoms with E-state index in [0.29, 0.717) is 5.56 Å². The van der Waals surface area contributed by atoms with E-state index in [1.54, 1.807) is 0 Å². The highest BCUT2D eigenvalue weighted by molar-refractivity contribution is 7.89. The highest BCUT2D eigenvalue weighted by atomic mass is 32.2. The first kappa shape index (κ1) is 16.0. The quantitative estimate of drug-likeness (QED) is 0.453. The Morgan fingerprint density at radius 3 is 2.64 bits per heavy atom. The smallest absolute Gasteiger partial charge is 0.270 e. The van der Waals surface area contributed by atoms with Gasteiger partial charge in [0.05, 0.1) is 9.82 Å². The molecule has 1 saturated heterocycles. The van der Waals surface area contributed by atoms with E-state index < -0.39 is 32.8 Å². The van der Waals surface area contributed by atoms with Gasteiger partial charge in [-0.2, -0.15) is 4.72 Å². The van der Waals surface area contributed by atoms with Crippen LogP contribution >= 0.6 is 0 Å². The zero-order valence-electron chi connectivity index (χ0n) is 11.5. The number of hydrogen-bond acceptors (Lipinski definition) is 6. The Labute approximate surface area is 125 Å². The number of non-ortho nitro benzene ring substituents is 1. The first-order valence-corrected chi connectivity index (χ1v) is 7.80. The molecule has 2 N–H and O–H groups in total. The number of imide groups is 1. The summed E-state index contributed by atoms with van der Waals surface area (Å²) in [4.78, 5) is 32.4. The van der Waals surface area contributed by atoms with Gasteiger partial charge in [-0.3, -0.25) is 25.0 Å². The van der Waals surface area contributed by atoms with Crippen LogP contribution in [0.5, 0.6) is 0 Å². The van der Waals surface area contributed by atoms with Crippen LogP contribution in [0.25, 0.3) is 0 Å². The van der Waals surface area contributed by atoms with E-state index in [0.717, 1.165) is 6.07 Å². The number of rotatable bonds is 4. The molecule has 9 nitrogen and oxygen atoms in total. The van der Waals surface area contributed by atoms with Crippen LogP contribution in [0.2, 0.25) is 0 Å². The van der Waals surface area contributed by atoms with Crippen molar-refractivity contribution in [2.45, 2.75) is 30.7 Å². The van der Waals surface area contributed by atoms with Gasteiger partial charge in [0.25, 0.3) is 5.69 Å². The van der Waals surface area contributed by atoms with Crippen LogP contribution in [-0.4, -0.2) is 31.2 Å². The van der Waals surface area contributed by atoms with Crippen LogP contribution in [0.1, 0.15) is 18.4 Å². The van der Waals surface area contributed by atoms with Crippen molar-refractivity contribution in [1.82, 2.24) is 10.0 Å². The van der Waals surface area contributed by atoms with E-state index in [1.165, 1.54) is 19.1 Å². The van der Waals surface area contributed by atoms with Crippen molar-refractivity contribution in [1.29, 1.82) is 0 Å². The Morgan fingerprint density at radius 2 is 2.05 bits per heavy atom. The SMILES string of the molecule is Cc1ccc([N+](=O)[O-])cc1S(=O)(=O)NC1CCC(=O)NC1=O. The Kier molecular flexibility index (Phi) is 4.24. The van der Waals surface area contributed by atoms with E-state index in [-0.39, 0.29) is 23.4 Å². The second-order valence-electron chi connectivity index (χ2n) is 4.83. The summed E-state index contributed by atoms with van der Waals surface area (Å²) >= 11 is 0. The van der Waals surface area contributed by atoms with Gasteiger partial charge < -0.3 is 0 Å². The first-order valence-electron chi connectivity index (χ1n) is 6.32. The number of nitro groups is 1. The summed E-state index contributed by atoms with van der Waals surface area (Å²) in [7, 11) is -4.12. The number of benzene rings is 1. The molecule has 0 aliphatic carbocycles. The second-order valence-corrected chi connectivity index (χ2v) is 6.51. The molecule has 1 aromatic rings. The van der Waals surface area contributed by atoms with Crippen LogP contribution in [0.3, 0.4) is 0 Å². The van der Waals surface area contributed by atoms with Crippen molar-refractivity contribution < 1.29 is 22.9 Å². The number of carbonyl (C=O) groups is 2. The average molecular weight is 327 g/mol. The number of hydrogen-bond donors (Lipinski definition) is 2. The molecule has 1 atom stereocenters. The van der Waals surface area contributed by atoms with Crippen molar-refractivity contribution in [3.05, 3.63) is 33.9 Å². The van der Waals surface area contributed by atoms with Gasteiger partial charge in [-0.15, -0.1) is 0 Å². The third-order valence-electron chi connectivity index (χ3n) is 3.21. The van der Waals surface area contributed by atoms with E-state index in [2.05, 4.69) is 4.72 Å².